The highest BCUT2D eigenvalue weighted by molar-refractivity contribution is 9.10. The average molecular weight is 319 g/mol. The van der Waals surface area contributed by atoms with Gasteiger partial charge in [-0.2, -0.15) is 16.9 Å². The summed E-state index contributed by atoms with van der Waals surface area (Å²) in [5.74, 6) is 2.37. The van der Waals surface area contributed by atoms with Crippen molar-refractivity contribution >= 4 is 33.5 Å². The SMILES string of the molecule is COCCn1ncc(Br)c1C(=O)C1CCSC1. The summed E-state index contributed by atoms with van der Waals surface area (Å²) in [5, 5.41) is 4.21. The van der Waals surface area contributed by atoms with E-state index in [0.29, 0.717) is 18.8 Å². The Bertz CT molecular complexity index is 402. The monoisotopic (exact) mass is 318 g/mol. The molecule has 2 heterocycles. The minimum absolute atomic E-state index is 0.147. The van der Waals surface area contributed by atoms with Gasteiger partial charge in [0.1, 0.15) is 5.69 Å². The van der Waals surface area contributed by atoms with Crippen LogP contribution in [0, 0.1) is 5.92 Å². The maximum absolute atomic E-state index is 12.4. The normalized spacial score (nSPS) is 19.8. The van der Waals surface area contributed by atoms with Crippen LogP contribution in [-0.2, 0) is 11.3 Å². The molecule has 0 spiro atoms. The number of halogens is 1. The summed E-state index contributed by atoms with van der Waals surface area (Å²) >= 11 is 5.25. The molecule has 1 unspecified atom stereocenters. The van der Waals surface area contributed by atoms with Gasteiger partial charge in [0.05, 0.1) is 23.8 Å². The predicted octanol–water partition coefficient (Wildman–Crippen LogP) is 2.23. The first-order valence-corrected chi connectivity index (χ1v) is 7.51. The Morgan fingerprint density at radius 3 is 3.24 bits per heavy atom. The number of rotatable bonds is 5. The van der Waals surface area contributed by atoms with Crippen LogP contribution >= 0.6 is 27.7 Å². The molecular weight excluding hydrogens is 304 g/mol. The molecule has 1 saturated heterocycles. The smallest absolute Gasteiger partial charge is 0.185 e. The number of aromatic nitrogens is 2. The van der Waals surface area contributed by atoms with E-state index in [1.54, 1.807) is 18.0 Å². The van der Waals surface area contributed by atoms with Gasteiger partial charge in [0.15, 0.2) is 5.78 Å². The van der Waals surface area contributed by atoms with Crippen LogP contribution in [0.5, 0.6) is 0 Å². The van der Waals surface area contributed by atoms with E-state index in [-0.39, 0.29) is 11.7 Å². The first-order valence-electron chi connectivity index (χ1n) is 5.56. The van der Waals surface area contributed by atoms with Crippen molar-refractivity contribution in [1.82, 2.24) is 9.78 Å². The zero-order valence-electron chi connectivity index (χ0n) is 9.69. The second-order valence-corrected chi connectivity index (χ2v) is 5.99. The zero-order valence-corrected chi connectivity index (χ0v) is 12.1. The van der Waals surface area contributed by atoms with E-state index >= 15 is 0 Å². The summed E-state index contributed by atoms with van der Waals surface area (Å²) in [7, 11) is 1.65. The molecule has 1 aromatic heterocycles. The molecule has 1 aromatic rings. The second kappa shape index (κ2) is 6.02. The van der Waals surface area contributed by atoms with E-state index in [9.17, 15) is 4.79 Å². The van der Waals surface area contributed by atoms with Crippen molar-refractivity contribution in [3.8, 4) is 0 Å². The van der Waals surface area contributed by atoms with Gasteiger partial charge in [-0.3, -0.25) is 9.48 Å². The van der Waals surface area contributed by atoms with Crippen molar-refractivity contribution in [2.75, 3.05) is 25.2 Å². The average Bonchev–Trinajstić information content (AvgIpc) is 2.95. The molecule has 0 aromatic carbocycles. The summed E-state index contributed by atoms with van der Waals surface area (Å²) in [6.45, 7) is 1.18. The predicted molar refractivity (Wildman–Crippen MR) is 71.6 cm³/mol. The van der Waals surface area contributed by atoms with Gasteiger partial charge in [-0.05, 0) is 28.1 Å². The van der Waals surface area contributed by atoms with Crippen LogP contribution in [0.4, 0.5) is 0 Å². The fourth-order valence-electron chi connectivity index (χ4n) is 1.89. The Balaban J connectivity index is 2.17. The van der Waals surface area contributed by atoms with E-state index in [2.05, 4.69) is 21.0 Å². The molecular formula is C11H15BrN2O2S. The minimum Gasteiger partial charge on any atom is -0.383 e. The molecule has 0 amide bonds. The Kier molecular flexibility index (Phi) is 4.64. The molecule has 94 valence electrons. The van der Waals surface area contributed by atoms with Crippen LogP contribution in [0.3, 0.4) is 0 Å². The number of ether oxygens (including phenoxy) is 1. The van der Waals surface area contributed by atoms with Gasteiger partial charge in [0.2, 0.25) is 0 Å². The van der Waals surface area contributed by atoms with E-state index in [4.69, 9.17) is 4.74 Å². The number of nitrogens with zero attached hydrogens (tertiary/aromatic N) is 2. The van der Waals surface area contributed by atoms with Crippen LogP contribution in [0.2, 0.25) is 0 Å². The molecule has 0 radical (unpaired) electrons. The fourth-order valence-corrected chi connectivity index (χ4v) is 3.60. The number of carbonyl (C=O) groups excluding carboxylic acids is 1. The minimum atomic E-state index is 0.147. The lowest BCUT2D eigenvalue weighted by atomic mass is 10.0. The lowest BCUT2D eigenvalue weighted by Gasteiger charge is -2.10. The molecule has 1 aliphatic heterocycles. The Labute approximate surface area is 113 Å². The first-order chi connectivity index (χ1) is 8.24. The largest absolute Gasteiger partial charge is 0.383 e. The third-order valence-electron chi connectivity index (χ3n) is 2.84. The lowest BCUT2D eigenvalue weighted by molar-refractivity contribution is 0.0918. The Morgan fingerprint density at radius 2 is 2.59 bits per heavy atom. The molecule has 1 atom stereocenters. The maximum atomic E-state index is 12.4. The van der Waals surface area contributed by atoms with Gasteiger partial charge < -0.3 is 4.74 Å². The summed E-state index contributed by atoms with van der Waals surface area (Å²) in [5.41, 5.74) is 0.689. The summed E-state index contributed by atoms with van der Waals surface area (Å²) in [4.78, 5) is 12.4. The topological polar surface area (TPSA) is 44.1 Å². The van der Waals surface area contributed by atoms with E-state index in [1.807, 2.05) is 11.8 Å². The highest BCUT2D eigenvalue weighted by Crippen LogP contribution is 2.29. The summed E-state index contributed by atoms with van der Waals surface area (Å²) in [6, 6.07) is 0. The number of thioether (sulfide) groups is 1. The molecule has 6 heteroatoms. The van der Waals surface area contributed by atoms with Crippen molar-refractivity contribution in [1.29, 1.82) is 0 Å². The number of hydrogen-bond acceptors (Lipinski definition) is 4. The van der Waals surface area contributed by atoms with Gasteiger partial charge >= 0.3 is 0 Å². The van der Waals surface area contributed by atoms with Crippen LogP contribution in [0.15, 0.2) is 10.7 Å². The quantitative estimate of drug-likeness (QED) is 0.781. The van der Waals surface area contributed by atoms with Crippen molar-refractivity contribution in [3.05, 3.63) is 16.4 Å². The Morgan fingerprint density at radius 1 is 1.76 bits per heavy atom. The van der Waals surface area contributed by atoms with Gasteiger partial charge in [-0.25, -0.2) is 0 Å². The number of methoxy groups -OCH3 is 1. The standard InChI is InChI=1S/C11H15BrN2O2S/c1-16-4-3-14-10(9(12)6-13-14)11(15)8-2-5-17-7-8/h6,8H,2-5,7H2,1H3. The van der Waals surface area contributed by atoms with Gasteiger partial charge in [-0.1, -0.05) is 0 Å². The molecule has 0 saturated carbocycles. The van der Waals surface area contributed by atoms with Crippen molar-refractivity contribution in [2.24, 2.45) is 5.92 Å². The molecule has 2 rings (SSSR count). The first kappa shape index (κ1) is 13.1. The third-order valence-corrected chi connectivity index (χ3v) is 4.58. The number of carbonyl (C=O) groups is 1. The lowest BCUT2D eigenvalue weighted by Crippen LogP contribution is -2.20. The van der Waals surface area contributed by atoms with Gasteiger partial charge in [0.25, 0.3) is 0 Å². The number of Topliss-reactive ketones (excluding diaryl/α,β-unsaturated/α-hetero) is 1. The maximum Gasteiger partial charge on any atom is 0.185 e. The van der Waals surface area contributed by atoms with Crippen LogP contribution < -0.4 is 0 Å². The molecule has 1 fully saturated rings. The molecule has 1 aliphatic rings. The zero-order chi connectivity index (χ0) is 12.3. The number of ketones is 1. The molecule has 0 bridgehead atoms. The van der Waals surface area contributed by atoms with Crippen LogP contribution in [0.25, 0.3) is 0 Å². The van der Waals surface area contributed by atoms with Crippen LogP contribution in [0.1, 0.15) is 16.9 Å². The van der Waals surface area contributed by atoms with Crippen LogP contribution in [-0.4, -0.2) is 40.8 Å². The molecule has 0 aliphatic carbocycles. The molecule has 0 N–H and O–H groups in total. The summed E-state index contributed by atoms with van der Waals surface area (Å²) < 4.78 is 7.55. The van der Waals surface area contributed by atoms with Crippen molar-refractivity contribution < 1.29 is 9.53 Å². The fraction of sp³-hybridized carbons (Fsp3) is 0.636. The molecule has 17 heavy (non-hydrogen) atoms. The molecule has 4 nitrogen and oxygen atoms in total. The van der Waals surface area contributed by atoms with Gasteiger partial charge in [-0.15, -0.1) is 0 Å². The third kappa shape index (κ3) is 2.92. The van der Waals surface area contributed by atoms with E-state index in [0.717, 1.165) is 22.4 Å². The van der Waals surface area contributed by atoms with Gasteiger partial charge in [0, 0.05) is 18.8 Å². The highest BCUT2D eigenvalue weighted by atomic mass is 79.9. The highest BCUT2D eigenvalue weighted by Gasteiger charge is 2.28. The van der Waals surface area contributed by atoms with E-state index in [1.165, 1.54) is 0 Å². The number of hydrogen-bond donors (Lipinski definition) is 0. The van der Waals surface area contributed by atoms with Crippen molar-refractivity contribution in [2.45, 2.75) is 13.0 Å². The Hall–Kier alpha value is -0.330. The summed E-state index contributed by atoms with van der Waals surface area (Å²) in [6.07, 6.45) is 2.66. The van der Waals surface area contributed by atoms with E-state index < -0.39 is 0 Å². The second-order valence-electron chi connectivity index (χ2n) is 3.98. The van der Waals surface area contributed by atoms with Crippen molar-refractivity contribution in [3.63, 3.8) is 0 Å².